The molecule has 112 valence electrons. The first-order valence-electron chi connectivity index (χ1n) is 7.20. The molecule has 0 saturated carbocycles. The maximum atomic E-state index is 12.3. The van der Waals surface area contributed by atoms with Gasteiger partial charge in [-0.05, 0) is 31.0 Å². The van der Waals surface area contributed by atoms with E-state index in [0.29, 0.717) is 5.92 Å². The molecule has 1 unspecified atom stereocenters. The topological polar surface area (TPSA) is 37.7 Å². The number of carbonyl (C=O) groups is 1. The van der Waals surface area contributed by atoms with E-state index in [1.165, 1.54) is 0 Å². The molecular weight excluding hydrogens is 254 g/mol. The summed E-state index contributed by atoms with van der Waals surface area (Å²) in [6.07, 6.45) is 3.07. The molecule has 0 radical (unpaired) electrons. The monoisotopic (exact) mass is 279 g/mol. The second-order valence-electron chi connectivity index (χ2n) is 5.64. The van der Waals surface area contributed by atoms with E-state index in [4.69, 9.17) is 4.74 Å². The zero-order valence-electron chi connectivity index (χ0n) is 12.7. The van der Waals surface area contributed by atoms with Crippen molar-refractivity contribution < 1.29 is 9.53 Å². The second-order valence-corrected chi connectivity index (χ2v) is 5.64. The van der Waals surface area contributed by atoms with Gasteiger partial charge in [0.05, 0.1) is 6.61 Å². The zero-order valence-corrected chi connectivity index (χ0v) is 12.7. The van der Waals surface area contributed by atoms with Gasteiger partial charge in [-0.15, -0.1) is 0 Å². The normalized spacial score (nSPS) is 19.4. The lowest BCUT2D eigenvalue weighted by Gasteiger charge is -2.22. The van der Waals surface area contributed by atoms with Gasteiger partial charge in [0.25, 0.3) is 5.91 Å². The highest BCUT2D eigenvalue weighted by molar-refractivity contribution is 5.92. The van der Waals surface area contributed by atoms with E-state index in [1.807, 2.05) is 41.9 Å². The molecule has 5 nitrogen and oxygen atoms in total. The lowest BCUT2D eigenvalue weighted by molar-refractivity contribution is 0.0762. The van der Waals surface area contributed by atoms with Crippen molar-refractivity contribution in [1.29, 1.82) is 0 Å². The van der Waals surface area contributed by atoms with Crippen molar-refractivity contribution in [3.63, 3.8) is 0 Å². The van der Waals surface area contributed by atoms with Crippen LogP contribution in [-0.4, -0.2) is 67.2 Å². The van der Waals surface area contributed by atoms with Crippen molar-refractivity contribution >= 4 is 5.91 Å². The number of amides is 1. The number of methoxy groups -OCH3 is 1. The van der Waals surface area contributed by atoms with Gasteiger partial charge in [-0.3, -0.25) is 4.79 Å². The summed E-state index contributed by atoms with van der Waals surface area (Å²) in [4.78, 5) is 16.6. The van der Waals surface area contributed by atoms with Crippen LogP contribution in [0.5, 0.6) is 0 Å². The molecule has 1 atom stereocenters. The van der Waals surface area contributed by atoms with Crippen LogP contribution in [0.3, 0.4) is 0 Å². The molecule has 5 heteroatoms. The molecule has 1 fully saturated rings. The summed E-state index contributed by atoms with van der Waals surface area (Å²) in [5.41, 5.74) is 0.752. The highest BCUT2D eigenvalue weighted by atomic mass is 16.5. The number of ether oxygens (including phenoxy) is 1. The first kappa shape index (κ1) is 15.1. The fraction of sp³-hybridized carbons (Fsp3) is 0.667. The molecule has 1 amide bonds. The summed E-state index contributed by atoms with van der Waals surface area (Å²) in [5, 5.41) is 0. The fourth-order valence-corrected chi connectivity index (χ4v) is 2.83. The number of nitrogens with zero attached hydrogens (tertiary/aromatic N) is 3. The van der Waals surface area contributed by atoms with Gasteiger partial charge in [0.1, 0.15) is 5.69 Å². The number of hydrogen-bond donors (Lipinski definition) is 0. The van der Waals surface area contributed by atoms with Crippen LogP contribution >= 0.6 is 0 Å². The SMILES string of the molecule is COCCN1CCC(CN(C)C(=O)c2cccn2C)C1. The Kier molecular flexibility index (Phi) is 5.20. The number of likely N-dealkylation sites (tertiary alicyclic amines) is 1. The molecule has 20 heavy (non-hydrogen) atoms. The molecule has 1 saturated heterocycles. The molecule has 2 heterocycles. The van der Waals surface area contributed by atoms with Gasteiger partial charge in [-0.2, -0.15) is 0 Å². The van der Waals surface area contributed by atoms with Gasteiger partial charge in [0.15, 0.2) is 0 Å². The lowest BCUT2D eigenvalue weighted by atomic mass is 10.1. The van der Waals surface area contributed by atoms with E-state index < -0.39 is 0 Å². The van der Waals surface area contributed by atoms with Crippen LogP contribution < -0.4 is 0 Å². The molecule has 0 spiro atoms. The molecule has 0 aromatic carbocycles. The highest BCUT2D eigenvalue weighted by Gasteiger charge is 2.25. The molecule has 0 aliphatic carbocycles. The van der Waals surface area contributed by atoms with Gasteiger partial charge < -0.3 is 19.1 Å². The van der Waals surface area contributed by atoms with E-state index in [9.17, 15) is 4.79 Å². The maximum Gasteiger partial charge on any atom is 0.270 e. The third-order valence-electron chi connectivity index (χ3n) is 4.02. The molecule has 1 aliphatic heterocycles. The van der Waals surface area contributed by atoms with Gasteiger partial charge in [-0.1, -0.05) is 0 Å². The Morgan fingerprint density at radius 2 is 2.35 bits per heavy atom. The number of hydrogen-bond acceptors (Lipinski definition) is 3. The van der Waals surface area contributed by atoms with Crippen LogP contribution in [0.2, 0.25) is 0 Å². The minimum Gasteiger partial charge on any atom is -0.383 e. The first-order valence-corrected chi connectivity index (χ1v) is 7.20. The van der Waals surface area contributed by atoms with Crippen LogP contribution in [0.25, 0.3) is 0 Å². The second kappa shape index (κ2) is 6.90. The third-order valence-corrected chi connectivity index (χ3v) is 4.02. The Morgan fingerprint density at radius 3 is 3.00 bits per heavy atom. The minimum atomic E-state index is 0.104. The molecule has 1 aliphatic rings. The van der Waals surface area contributed by atoms with E-state index in [2.05, 4.69) is 4.90 Å². The molecule has 1 aromatic heterocycles. The third kappa shape index (κ3) is 3.61. The maximum absolute atomic E-state index is 12.3. The van der Waals surface area contributed by atoms with Gasteiger partial charge in [0.2, 0.25) is 0 Å². The largest absolute Gasteiger partial charge is 0.383 e. The van der Waals surface area contributed by atoms with Crippen LogP contribution in [0.15, 0.2) is 18.3 Å². The summed E-state index contributed by atoms with van der Waals surface area (Å²) in [7, 11) is 5.54. The Bertz CT molecular complexity index is 444. The average molecular weight is 279 g/mol. The molecule has 0 N–H and O–H groups in total. The summed E-state index contributed by atoms with van der Waals surface area (Å²) >= 11 is 0. The van der Waals surface area contributed by atoms with E-state index >= 15 is 0 Å². The summed E-state index contributed by atoms with van der Waals surface area (Å²) < 4.78 is 6.98. The van der Waals surface area contributed by atoms with Crippen LogP contribution in [0, 0.1) is 5.92 Å². The number of aryl methyl sites for hydroxylation is 1. The summed E-state index contributed by atoms with van der Waals surface area (Å²) in [6.45, 7) is 4.77. The lowest BCUT2D eigenvalue weighted by Crippen LogP contribution is -2.34. The standard InChI is InChI=1S/C15H25N3O2/c1-16-7-4-5-14(16)15(19)17(2)11-13-6-8-18(12-13)9-10-20-3/h4-5,7,13H,6,8-12H2,1-3H3. The Morgan fingerprint density at radius 1 is 1.55 bits per heavy atom. The van der Waals surface area contributed by atoms with Crippen molar-refractivity contribution in [1.82, 2.24) is 14.4 Å². The Hall–Kier alpha value is -1.33. The molecule has 1 aromatic rings. The highest BCUT2D eigenvalue weighted by Crippen LogP contribution is 2.17. The van der Waals surface area contributed by atoms with Gasteiger partial charge >= 0.3 is 0 Å². The summed E-state index contributed by atoms with van der Waals surface area (Å²) in [5.74, 6) is 0.675. The van der Waals surface area contributed by atoms with E-state index in [0.717, 1.165) is 44.9 Å². The molecular formula is C15H25N3O2. The van der Waals surface area contributed by atoms with Gasteiger partial charge in [0, 0.05) is 47.0 Å². The zero-order chi connectivity index (χ0) is 14.5. The average Bonchev–Trinajstić information content (AvgIpc) is 3.04. The number of rotatable bonds is 6. The van der Waals surface area contributed by atoms with Crippen LogP contribution in [0.4, 0.5) is 0 Å². The van der Waals surface area contributed by atoms with Crippen LogP contribution in [0.1, 0.15) is 16.9 Å². The van der Waals surface area contributed by atoms with Crippen molar-refractivity contribution in [3.8, 4) is 0 Å². The van der Waals surface area contributed by atoms with Gasteiger partial charge in [-0.25, -0.2) is 0 Å². The quantitative estimate of drug-likeness (QED) is 0.781. The Labute approximate surface area is 121 Å². The summed E-state index contributed by atoms with van der Waals surface area (Å²) in [6, 6.07) is 3.78. The Balaban J connectivity index is 1.82. The van der Waals surface area contributed by atoms with Crippen LogP contribution in [-0.2, 0) is 11.8 Å². The predicted molar refractivity (Wildman–Crippen MR) is 78.8 cm³/mol. The van der Waals surface area contributed by atoms with E-state index in [1.54, 1.807) is 7.11 Å². The molecule has 0 bridgehead atoms. The van der Waals surface area contributed by atoms with Crippen molar-refractivity contribution in [2.24, 2.45) is 13.0 Å². The van der Waals surface area contributed by atoms with Crippen molar-refractivity contribution in [2.75, 3.05) is 46.9 Å². The minimum absolute atomic E-state index is 0.104. The van der Waals surface area contributed by atoms with Crippen molar-refractivity contribution in [2.45, 2.75) is 6.42 Å². The van der Waals surface area contributed by atoms with E-state index in [-0.39, 0.29) is 5.91 Å². The number of carbonyl (C=O) groups excluding carboxylic acids is 1. The molecule has 2 rings (SSSR count). The predicted octanol–water partition coefficient (Wildman–Crippen LogP) is 1.07. The smallest absolute Gasteiger partial charge is 0.270 e. The number of aromatic nitrogens is 1. The fourth-order valence-electron chi connectivity index (χ4n) is 2.83. The first-order chi connectivity index (χ1) is 9.61. The van der Waals surface area contributed by atoms with Crippen molar-refractivity contribution in [3.05, 3.63) is 24.0 Å².